The number of halogens is 1. The van der Waals surface area contributed by atoms with Gasteiger partial charge in [-0.1, -0.05) is 11.6 Å². The zero-order chi connectivity index (χ0) is 11.1. The average Bonchev–Trinajstić information content (AvgIpc) is 2.48. The molecule has 7 heteroatoms. The Morgan fingerprint density at radius 1 is 1.47 bits per heavy atom. The van der Waals surface area contributed by atoms with Gasteiger partial charge in [-0.3, -0.25) is 0 Å². The first-order chi connectivity index (χ1) is 6.96. The predicted octanol–water partition coefficient (Wildman–Crippen LogP) is 1.89. The van der Waals surface area contributed by atoms with Gasteiger partial charge in [0.2, 0.25) is 0 Å². The van der Waals surface area contributed by atoms with E-state index in [-0.39, 0.29) is 11.6 Å². The lowest BCUT2D eigenvalue weighted by Gasteiger charge is -1.99. The van der Waals surface area contributed by atoms with E-state index in [4.69, 9.17) is 11.6 Å². The number of sulfone groups is 1. The van der Waals surface area contributed by atoms with Crippen LogP contribution in [-0.2, 0) is 15.6 Å². The molecule has 0 amide bonds. The summed E-state index contributed by atoms with van der Waals surface area (Å²) < 4.78 is 22.1. The van der Waals surface area contributed by atoms with Crippen molar-refractivity contribution in [3.8, 4) is 0 Å². The Kier molecular flexibility index (Phi) is 2.66. The Hall–Kier alpha value is -0.720. The van der Waals surface area contributed by atoms with Crippen LogP contribution in [0.5, 0.6) is 0 Å². The molecule has 2 rings (SSSR count). The molecule has 0 radical (unpaired) electrons. The standard InChI is InChI=1S/C8H7ClN2O2S2/c1-15(12,13)4-6-10-7(9)5-2-3-14-8(5)11-6/h2-3H,4H2,1H3. The van der Waals surface area contributed by atoms with Crippen LogP contribution in [0.3, 0.4) is 0 Å². The topological polar surface area (TPSA) is 59.9 Å². The molecule has 0 atom stereocenters. The van der Waals surface area contributed by atoms with Crippen molar-refractivity contribution in [2.24, 2.45) is 0 Å². The minimum absolute atomic E-state index is 0.180. The van der Waals surface area contributed by atoms with Crippen LogP contribution >= 0.6 is 22.9 Å². The second-order valence-corrected chi connectivity index (χ2v) is 6.53. The summed E-state index contributed by atoms with van der Waals surface area (Å²) in [6.07, 6.45) is 1.14. The van der Waals surface area contributed by atoms with E-state index in [1.54, 1.807) is 0 Å². The lowest BCUT2D eigenvalue weighted by molar-refractivity contribution is 0.600. The highest BCUT2D eigenvalue weighted by atomic mass is 35.5. The van der Waals surface area contributed by atoms with Gasteiger partial charge < -0.3 is 0 Å². The molecule has 0 unspecified atom stereocenters. The lowest BCUT2D eigenvalue weighted by atomic mass is 10.4. The molecule has 0 saturated heterocycles. The zero-order valence-corrected chi connectivity index (χ0v) is 10.2. The second kappa shape index (κ2) is 3.70. The first kappa shape index (κ1) is 10.8. The second-order valence-electron chi connectivity index (χ2n) is 3.14. The van der Waals surface area contributed by atoms with Crippen LogP contribution in [0, 0.1) is 0 Å². The van der Waals surface area contributed by atoms with Crippen LogP contribution in [0.1, 0.15) is 5.82 Å². The molecular formula is C8H7ClN2O2S2. The van der Waals surface area contributed by atoms with Crippen molar-refractivity contribution in [1.29, 1.82) is 0 Å². The van der Waals surface area contributed by atoms with Crippen molar-refractivity contribution < 1.29 is 8.42 Å². The molecule has 0 aliphatic carbocycles. The van der Waals surface area contributed by atoms with Crippen molar-refractivity contribution in [1.82, 2.24) is 9.97 Å². The molecule has 2 aromatic heterocycles. The average molecular weight is 263 g/mol. The summed E-state index contributed by atoms with van der Waals surface area (Å²) >= 11 is 7.30. The van der Waals surface area contributed by atoms with E-state index >= 15 is 0 Å². The van der Waals surface area contributed by atoms with E-state index in [1.165, 1.54) is 11.3 Å². The summed E-state index contributed by atoms with van der Waals surface area (Å²) in [5.74, 6) is 0.0676. The summed E-state index contributed by atoms with van der Waals surface area (Å²) in [6.45, 7) is 0. The quantitative estimate of drug-likeness (QED) is 0.776. The first-order valence-electron chi connectivity index (χ1n) is 4.03. The molecule has 0 N–H and O–H groups in total. The van der Waals surface area contributed by atoms with E-state index in [1.807, 2.05) is 11.4 Å². The Morgan fingerprint density at radius 3 is 2.87 bits per heavy atom. The van der Waals surface area contributed by atoms with E-state index in [9.17, 15) is 8.42 Å². The third-order valence-electron chi connectivity index (χ3n) is 1.72. The number of aromatic nitrogens is 2. The Bertz CT molecular complexity index is 606. The fraction of sp³-hybridized carbons (Fsp3) is 0.250. The largest absolute Gasteiger partial charge is 0.229 e. The SMILES string of the molecule is CS(=O)(=O)Cc1nc(Cl)c2ccsc2n1. The van der Waals surface area contributed by atoms with Gasteiger partial charge in [-0.25, -0.2) is 18.4 Å². The van der Waals surface area contributed by atoms with Crippen molar-refractivity contribution in [3.05, 3.63) is 22.4 Å². The third-order valence-corrected chi connectivity index (χ3v) is 3.59. The monoisotopic (exact) mass is 262 g/mol. The van der Waals surface area contributed by atoms with Gasteiger partial charge in [0, 0.05) is 11.6 Å². The Labute approximate surface area is 95.9 Å². The molecule has 0 fully saturated rings. The molecule has 0 saturated carbocycles. The third kappa shape index (κ3) is 2.45. The van der Waals surface area contributed by atoms with Crippen LogP contribution in [0.15, 0.2) is 11.4 Å². The van der Waals surface area contributed by atoms with Crippen LogP contribution < -0.4 is 0 Å². The molecule has 0 bridgehead atoms. The van der Waals surface area contributed by atoms with E-state index in [0.717, 1.165) is 11.6 Å². The number of nitrogens with zero attached hydrogens (tertiary/aromatic N) is 2. The molecular weight excluding hydrogens is 256 g/mol. The lowest BCUT2D eigenvalue weighted by Crippen LogP contribution is -2.05. The van der Waals surface area contributed by atoms with Crippen LogP contribution in [-0.4, -0.2) is 24.6 Å². The highest BCUT2D eigenvalue weighted by molar-refractivity contribution is 7.89. The van der Waals surface area contributed by atoms with Gasteiger partial charge in [0.15, 0.2) is 9.84 Å². The molecule has 0 spiro atoms. The smallest absolute Gasteiger partial charge is 0.154 e. The number of rotatable bonds is 2. The minimum Gasteiger partial charge on any atom is -0.229 e. The maximum Gasteiger partial charge on any atom is 0.154 e. The summed E-state index contributed by atoms with van der Waals surface area (Å²) in [4.78, 5) is 8.78. The van der Waals surface area contributed by atoms with Crippen LogP contribution in [0.25, 0.3) is 10.2 Å². The maximum atomic E-state index is 11.1. The molecule has 80 valence electrons. The summed E-state index contributed by atoms with van der Waals surface area (Å²) in [5, 5.41) is 2.91. The van der Waals surface area contributed by atoms with Crippen LogP contribution in [0.2, 0.25) is 5.15 Å². The summed E-state index contributed by atoms with van der Waals surface area (Å²) in [5.41, 5.74) is 0. The van der Waals surface area contributed by atoms with Gasteiger partial charge in [-0.2, -0.15) is 0 Å². The first-order valence-corrected chi connectivity index (χ1v) is 7.35. The predicted molar refractivity (Wildman–Crippen MR) is 61.0 cm³/mol. The highest BCUT2D eigenvalue weighted by Gasteiger charge is 2.11. The van der Waals surface area contributed by atoms with Crippen molar-refractivity contribution in [3.63, 3.8) is 0 Å². The van der Waals surface area contributed by atoms with Crippen molar-refractivity contribution in [2.75, 3.05) is 6.26 Å². The fourth-order valence-corrected chi connectivity index (χ4v) is 2.85. The molecule has 0 aliphatic heterocycles. The number of hydrogen-bond donors (Lipinski definition) is 0. The van der Waals surface area contributed by atoms with Gasteiger partial charge in [0.25, 0.3) is 0 Å². The van der Waals surface area contributed by atoms with Gasteiger partial charge in [0.05, 0.1) is 0 Å². The number of thiophene rings is 1. The molecule has 0 aromatic carbocycles. The van der Waals surface area contributed by atoms with E-state index < -0.39 is 9.84 Å². The summed E-state index contributed by atoms with van der Waals surface area (Å²) in [6, 6.07) is 1.81. The van der Waals surface area contributed by atoms with E-state index in [0.29, 0.717) is 9.98 Å². The Balaban J connectivity index is 2.54. The Morgan fingerprint density at radius 2 is 2.20 bits per heavy atom. The highest BCUT2D eigenvalue weighted by Crippen LogP contribution is 2.24. The van der Waals surface area contributed by atoms with Gasteiger partial charge >= 0.3 is 0 Å². The van der Waals surface area contributed by atoms with Crippen LogP contribution in [0.4, 0.5) is 0 Å². The van der Waals surface area contributed by atoms with Crippen molar-refractivity contribution >= 4 is 43.0 Å². The maximum absolute atomic E-state index is 11.1. The molecule has 15 heavy (non-hydrogen) atoms. The number of hydrogen-bond acceptors (Lipinski definition) is 5. The van der Waals surface area contributed by atoms with E-state index in [2.05, 4.69) is 9.97 Å². The summed E-state index contributed by atoms with van der Waals surface area (Å²) in [7, 11) is -3.12. The normalized spacial score (nSPS) is 12.1. The molecule has 2 heterocycles. The van der Waals surface area contributed by atoms with Crippen molar-refractivity contribution in [2.45, 2.75) is 5.75 Å². The number of fused-ring (bicyclic) bond motifs is 1. The molecule has 2 aromatic rings. The fourth-order valence-electron chi connectivity index (χ4n) is 1.16. The minimum atomic E-state index is -3.12. The van der Waals surface area contributed by atoms with Gasteiger partial charge in [-0.15, -0.1) is 11.3 Å². The molecule has 4 nitrogen and oxygen atoms in total. The van der Waals surface area contributed by atoms with Gasteiger partial charge in [0.1, 0.15) is 21.6 Å². The zero-order valence-electron chi connectivity index (χ0n) is 7.77. The van der Waals surface area contributed by atoms with Gasteiger partial charge in [-0.05, 0) is 11.4 Å². The molecule has 0 aliphatic rings.